The monoisotopic (exact) mass is 514 g/mol. The summed E-state index contributed by atoms with van der Waals surface area (Å²) in [6.45, 7) is 0. The van der Waals surface area contributed by atoms with E-state index < -0.39 is 0 Å². The molecule has 0 saturated heterocycles. The average Bonchev–Trinajstić information content (AvgIpc) is 3.50. The Hall–Kier alpha value is -5.76. The zero-order chi connectivity index (χ0) is 26.2. The Balaban J connectivity index is 1.79. The maximum Gasteiger partial charge on any atom is 0.165 e. The van der Waals surface area contributed by atoms with Crippen molar-refractivity contribution >= 4 is 60.5 Å². The van der Waals surface area contributed by atoms with E-state index in [1.807, 2.05) is 49.1 Å². The molecule has 0 bridgehead atoms. The third-order valence-corrected chi connectivity index (χ3v) is 7.69. The van der Waals surface area contributed by atoms with Gasteiger partial charge in [-0.3, -0.25) is 28.7 Å². The third-order valence-electron chi connectivity index (χ3n) is 7.69. The predicted octanol–water partition coefficient (Wildman–Crippen LogP) is 5.14. The van der Waals surface area contributed by atoms with Crippen LogP contribution < -0.4 is 5.48 Å². The summed E-state index contributed by atoms with van der Waals surface area (Å²) in [6, 6.07) is 20.9. The predicted molar refractivity (Wildman–Crippen MR) is 155 cm³/mol. The zero-order valence-corrected chi connectivity index (χ0v) is 21.0. The van der Waals surface area contributed by atoms with Crippen molar-refractivity contribution in [3.8, 4) is 0 Å². The molecule has 186 valence electrons. The van der Waals surface area contributed by atoms with Crippen LogP contribution in [0.25, 0.3) is 60.5 Å². The first kappa shape index (κ1) is 21.2. The smallest absolute Gasteiger partial charge is 0.165 e. The quantitative estimate of drug-likeness (QED) is 0.318. The van der Waals surface area contributed by atoms with Crippen LogP contribution in [0.1, 0.15) is 11.1 Å². The van der Waals surface area contributed by atoms with Crippen LogP contribution in [0.15, 0.2) is 110 Å². The third kappa shape index (κ3) is 2.69. The van der Waals surface area contributed by atoms with Gasteiger partial charge in [0.05, 0.1) is 11.0 Å². The Morgan fingerprint density at radius 2 is 0.875 bits per heavy atom. The molecule has 0 aliphatic rings. The summed E-state index contributed by atoms with van der Waals surface area (Å²) in [4.78, 5) is 28.1. The van der Waals surface area contributed by atoms with E-state index in [9.17, 15) is 0 Å². The molecule has 0 fully saturated rings. The highest BCUT2D eigenvalue weighted by atomic mass is 15.1. The molecule has 8 nitrogen and oxygen atoms in total. The summed E-state index contributed by atoms with van der Waals surface area (Å²) in [5.41, 5.74) is 9.23. The van der Waals surface area contributed by atoms with Gasteiger partial charge in [-0.25, -0.2) is 9.97 Å². The summed E-state index contributed by atoms with van der Waals surface area (Å²) < 4.78 is 4.49. The topological polar surface area (TPSA) is 86.2 Å². The summed E-state index contributed by atoms with van der Waals surface area (Å²) >= 11 is 0. The minimum absolute atomic E-state index is 0.771. The Morgan fingerprint density at radius 3 is 1.35 bits per heavy atom. The van der Waals surface area contributed by atoms with Crippen molar-refractivity contribution in [1.82, 2.24) is 38.7 Å². The average molecular weight is 515 g/mol. The van der Waals surface area contributed by atoms with E-state index in [1.54, 1.807) is 24.8 Å². The molecular formula is C32H18N8. The molecule has 7 aromatic heterocycles. The standard InChI is InChI=1S/C32H18N8/c1-3-21-22-4-2-6-24-27-31(38-18-16-36-27)40(29(22)24)32(39-28(21)23(5-1)26-30(39)37-17-15-35-26)25(19-7-11-33-12-8-19)20-9-13-34-14-10-20/h1-18H. The van der Waals surface area contributed by atoms with Crippen molar-refractivity contribution in [3.05, 3.63) is 127 Å². The SMILES string of the molecule is c1cc2c3cccc4c5nccnc5n(c(=C(c5ccncc5)c5ccncc5)n5c6nccnc6c(c1)c25)c34. The molecule has 0 aliphatic carbocycles. The highest BCUT2D eigenvalue weighted by Gasteiger charge is 2.23. The molecule has 40 heavy (non-hydrogen) atoms. The number of hydrogen-bond acceptors (Lipinski definition) is 6. The molecule has 7 heterocycles. The molecule has 0 radical (unpaired) electrons. The molecule has 9 rings (SSSR count). The Morgan fingerprint density at radius 1 is 0.450 bits per heavy atom. The number of nitrogens with zero attached hydrogens (tertiary/aromatic N) is 8. The number of para-hydroxylation sites is 2. The van der Waals surface area contributed by atoms with E-state index in [0.717, 1.165) is 77.1 Å². The van der Waals surface area contributed by atoms with Gasteiger partial charge in [0, 0.05) is 76.7 Å². The molecule has 0 N–H and O–H groups in total. The molecule has 0 aliphatic heterocycles. The van der Waals surface area contributed by atoms with Crippen LogP contribution in [0.3, 0.4) is 0 Å². The number of benzene rings is 2. The van der Waals surface area contributed by atoms with Crippen LogP contribution in [0.5, 0.6) is 0 Å². The summed E-state index contributed by atoms with van der Waals surface area (Å²) in [5.74, 6) is 0. The van der Waals surface area contributed by atoms with Crippen molar-refractivity contribution in [2.45, 2.75) is 0 Å². The normalized spacial score (nSPS) is 12.0. The van der Waals surface area contributed by atoms with E-state index in [4.69, 9.17) is 19.9 Å². The maximum absolute atomic E-state index is 4.91. The summed E-state index contributed by atoms with van der Waals surface area (Å²) in [5, 5.41) is 4.29. The van der Waals surface area contributed by atoms with Crippen molar-refractivity contribution in [2.24, 2.45) is 0 Å². The van der Waals surface area contributed by atoms with Crippen molar-refractivity contribution in [2.75, 3.05) is 0 Å². The van der Waals surface area contributed by atoms with Gasteiger partial charge in [-0.2, -0.15) is 0 Å². The van der Waals surface area contributed by atoms with Crippen molar-refractivity contribution < 1.29 is 0 Å². The molecule has 0 spiro atoms. The van der Waals surface area contributed by atoms with Gasteiger partial charge in [0.1, 0.15) is 16.5 Å². The molecular weight excluding hydrogens is 496 g/mol. The first-order valence-corrected chi connectivity index (χ1v) is 12.9. The van der Waals surface area contributed by atoms with Crippen LogP contribution in [0, 0.1) is 0 Å². The fraction of sp³-hybridized carbons (Fsp3) is 0. The highest BCUT2D eigenvalue weighted by Crippen LogP contribution is 2.36. The van der Waals surface area contributed by atoms with Crippen LogP contribution in [0.2, 0.25) is 0 Å². The molecule has 2 aromatic carbocycles. The van der Waals surface area contributed by atoms with Crippen LogP contribution >= 0.6 is 0 Å². The highest BCUT2D eigenvalue weighted by molar-refractivity contribution is 6.22. The van der Waals surface area contributed by atoms with Gasteiger partial charge < -0.3 is 0 Å². The van der Waals surface area contributed by atoms with E-state index in [0.29, 0.717) is 0 Å². The number of hydrogen-bond donors (Lipinski definition) is 0. The van der Waals surface area contributed by atoms with E-state index in [-0.39, 0.29) is 0 Å². The van der Waals surface area contributed by atoms with Gasteiger partial charge in [0.2, 0.25) is 0 Å². The van der Waals surface area contributed by atoms with Crippen LogP contribution in [-0.4, -0.2) is 38.7 Å². The fourth-order valence-electron chi connectivity index (χ4n) is 6.16. The lowest BCUT2D eigenvalue weighted by Gasteiger charge is -2.11. The number of rotatable bonds is 2. The van der Waals surface area contributed by atoms with E-state index in [2.05, 4.69) is 55.2 Å². The van der Waals surface area contributed by atoms with Gasteiger partial charge in [-0.1, -0.05) is 36.4 Å². The second-order valence-corrected chi connectivity index (χ2v) is 9.70. The number of pyridine rings is 2. The minimum Gasteiger partial charge on any atom is -0.276 e. The lowest BCUT2D eigenvalue weighted by molar-refractivity contribution is 0.997. The number of aromatic nitrogens is 8. The van der Waals surface area contributed by atoms with Gasteiger partial charge in [-0.05, 0) is 35.4 Å². The van der Waals surface area contributed by atoms with Gasteiger partial charge in [-0.15, -0.1) is 0 Å². The molecule has 0 unspecified atom stereocenters. The Kier molecular flexibility index (Phi) is 4.17. The first-order valence-electron chi connectivity index (χ1n) is 12.9. The number of fused-ring (bicyclic) bond motifs is 7. The Bertz CT molecular complexity index is 2310. The summed E-state index contributed by atoms with van der Waals surface area (Å²) in [7, 11) is 0. The first-order chi connectivity index (χ1) is 19.9. The van der Waals surface area contributed by atoms with E-state index in [1.165, 1.54) is 0 Å². The van der Waals surface area contributed by atoms with Crippen LogP contribution in [-0.2, 0) is 0 Å². The zero-order valence-electron chi connectivity index (χ0n) is 21.0. The van der Waals surface area contributed by atoms with Crippen molar-refractivity contribution in [1.29, 1.82) is 0 Å². The van der Waals surface area contributed by atoms with Gasteiger partial charge >= 0.3 is 0 Å². The molecule has 8 heteroatoms. The second-order valence-electron chi connectivity index (χ2n) is 9.70. The minimum atomic E-state index is 0.771. The fourth-order valence-corrected chi connectivity index (χ4v) is 6.16. The lowest BCUT2D eigenvalue weighted by Crippen LogP contribution is -2.25. The van der Waals surface area contributed by atoms with Gasteiger partial charge in [0.15, 0.2) is 11.3 Å². The molecule has 0 amide bonds. The van der Waals surface area contributed by atoms with E-state index >= 15 is 0 Å². The maximum atomic E-state index is 4.91. The second kappa shape index (κ2) is 7.87. The summed E-state index contributed by atoms with van der Waals surface area (Å²) in [6.07, 6.45) is 14.3. The molecule has 0 saturated carbocycles. The largest absolute Gasteiger partial charge is 0.276 e. The van der Waals surface area contributed by atoms with Crippen LogP contribution in [0.4, 0.5) is 0 Å². The molecule has 9 aromatic rings. The Labute approximate surface area is 225 Å². The van der Waals surface area contributed by atoms with Crippen molar-refractivity contribution in [3.63, 3.8) is 0 Å². The molecule has 0 atom stereocenters. The lowest BCUT2D eigenvalue weighted by atomic mass is 10.0. The van der Waals surface area contributed by atoms with Gasteiger partial charge in [0.25, 0.3) is 0 Å².